The van der Waals surface area contributed by atoms with Gasteiger partial charge in [0.2, 0.25) is 5.91 Å². The first-order valence-electron chi connectivity index (χ1n) is 13.5. The first kappa shape index (κ1) is 30.6. The number of hydrogen-bond acceptors (Lipinski definition) is 4. The molecule has 42 heavy (non-hydrogen) atoms. The minimum Gasteiger partial charge on any atom is -0.325 e. The van der Waals surface area contributed by atoms with Crippen LogP contribution in [0.2, 0.25) is 5.02 Å². The highest BCUT2D eigenvalue weighted by atomic mass is 35.5. The molecule has 0 saturated carbocycles. The molecule has 1 unspecified atom stereocenters. The Morgan fingerprint density at radius 3 is 2.31 bits per heavy atom. The van der Waals surface area contributed by atoms with Crippen molar-refractivity contribution in [3.63, 3.8) is 0 Å². The van der Waals surface area contributed by atoms with E-state index in [1.165, 1.54) is 11.8 Å². The number of halogens is 1. The second-order valence-corrected chi connectivity index (χ2v) is 11.4. The molecule has 214 valence electrons. The van der Waals surface area contributed by atoms with E-state index in [4.69, 9.17) is 11.6 Å². The van der Waals surface area contributed by atoms with E-state index in [0.29, 0.717) is 28.3 Å². The Morgan fingerprint density at radius 2 is 1.60 bits per heavy atom. The lowest BCUT2D eigenvalue weighted by atomic mass is 10.1. The van der Waals surface area contributed by atoms with Crippen molar-refractivity contribution in [2.45, 2.75) is 37.3 Å². The minimum absolute atomic E-state index is 0.0727. The van der Waals surface area contributed by atoms with Crippen molar-refractivity contribution >= 4 is 58.5 Å². The van der Waals surface area contributed by atoms with E-state index in [1.54, 1.807) is 60.7 Å². The molecule has 0 fully saturated rings. The van der Waals surface area contributed by atoms with Gasteiger partial charge in [-0.2, -0.15) is 0 Å². The Balaban J connectivity index is 1.50. The van der Waals surface area contributed by atoms with E-state index in [2.05, 4.69) is 16.0 Å². The van der Waals surface area contributed by atoms with Crippen LogP contribution in [-0.4, -0.2) is 23.0 Å². The molecule has 3 amide bonds. The molecule has 8 heteroatoms. The summed E-state index contributed by atoms with van der Waals surface area (Å²) in [6.45, 7) is 5.92. The molecule has 4 rings (SSSR count). The Bertz CT molecular complexity index is 1600. The number of thioether (sulfide) groups is 1. The monoisotopic (exact) mass is 597 g/mol. The molecule has 0 aliphatic carbocycles. The number of benzene rings is 4. The maximum absolute atomic E-state index is 13.4. The van der Waals surface area contributed by atoms with Crippen LogP contribution in [0, 0.1) is 13.8 Å². The van der Waals surface area contributed by atoms with Crippen molar-refractivity contribution < 1.29 is 14.4 Å². The smallest absolute Gasteiger partial charge is 0.272 e. The summed E-state index contributed by atoms with van der Waals surface area (Å²) in [6.07, 6.45) is 2.22. The molecule has 3 N–H and O–H groups in total. The standard InChI is InChI=1S/C34H32ClN3O3S/c1-4-31(34(41)37-29-19-22(2)13-14-23(29)3)42-28-12-8-11-27(21-28)36-33(40)30(20-24-15-17-26(35)18-16-24)38-32(39)25-9-6-5-7-10-25/h5-21,31H,4H2,1-3H3,(H,36,40)(H,37,41)(H,38,39)/b30-20-. The average molecular weight is 598 g/mol. The summed E-state index contributed by atoms with van der Waals surface area (Å²) in [5, 5.41) is 8.91. The Kier molecular flexibility index (Phi) is 10.6. The van der Waals surface area contributed by atoms with E-state index in [9.17, 15) is 14.4 Å². The van der Waals surface area contributed by atoms with Crippen molar-refractivity contribution in [3.05, 3.63) is 130 Å². The van der Waals surface area contributed by atoms with Crippen LogP contribution in [0.3, 0.4) is 0 Å². The summed E-state index contributed by atoms with van der Waals surface area (Å²) in [6, 6.07) is 28.9. The quantitative estimate of drug-likeness (QED) is 0.128. The van der Waals surface area contributed by atoms with Crippen LogP contribution in [0.15, 0.2) is 108 Å². The van der Waals surface area contributed by atoms with Crippen LogP contribution >= 0.6 is 23.4 Å². The van der Waals surface area contributed by atoms with Gasteiger partial charge in [0, 0.05) is 26.9 Å². The Hall–Kier alpha value is -4.33. The maximum Gasteiger partial charge on any atom is 0.272 e. The van der Waals surface area contributed by atoms with Crippen LogP contribution in [0.1, 0.15) is 40.4 Å². The van der Waals surface area contributed by atoms with Crippen LogP contribution < -0.4 is 16.0 Å². The SMILES string of the molecule is CCC(Sc1cccc(NC(=O)/C(=C/c2ccc(Cl)cc2)NC(=O)c2ccccc2)c1)C(=O)Nc1cc(C)ccc1C. The number of amides is 3. The number of nitrogens with one attached hydrogen (secondary N) is 3. The van der Waals surface area contributed by atoms with E-state index in [-0.39, 0.29) is 16.9 Å². The Morgan fingerprint density at radius 1 is 0.857 bits per heavy atom. The van der Waals surface area contributed by atoms with Gasteiger partial charge in [0.15, 0.2) is 0 Å². The predicted octanol–water partition coefficient (Wildman–Crippen LogP) is 7.88. The highest BCUT2D eigenvalue weighted by Gasteiger charge is 2.20. The van der Waals surface area contributed by atoms with Gasteiger partial charge >= 0.3 is 0 Å². The third-order valence-electron chi connectivity index (χ3n) is 6.39. The topological polar surface area (TPSA) is 87.3 Å². The van der Waals surface area contributed by atoms with Crippen molar-refractivity contribution in [1.29, 1.82) is 0 Å². The Labute approximate surface area is 255 Å². The third kappa shape index (κ3) is 8.59. The minimum atomic E-state index is -0.490. The second kappa shape index (κ2) is 14.5. The number of rotatable bonds is 10. The normalized spacial score (nSPS) is 11.9. The van der Waals surface area contributed by atoms with Gasteiger partial charge in [-0.15, -0.1) is 11.8 Å². The summed E-state index contributed by atoms with van der Waals surface area (Å²) in [7, 11) is 0. The van der Waals surface area contributed by atoms with Crippen LogP contribution in [0.25, 0.3) is 6.08 Å². The van der Waals surface area contributed by atoms with Crippen LogP contribution in [0.4, 0.5) is 11.4 Å². The fraction of sp³-hybridized carbons (Fsp3) is 0.147. The molecule has 0 aliphatic rings. The van der Waals surface area contributed by atoms with Gasteiger partial charge in [-0.3, -0.25) is 14.4 Å². The number of carbonyl (C=O) groups excluding carboxylic acids is 3. The summed E-state index contributed by atoms with van der Waals surface area (Å²) in [4.78, 5) is 40.3. The highest BCUT2D eigenvalue weighted by molar-refractivity contribution is 8.00. The molecule has 0 aliphatic heterocycles. The molecular formula is C34H32ClN3O3S. The zero-order valence-electron chi connectivity index (χ0n) is 23.6. The molecule has 4 aromatic rings. The van der Waals surface area contributed by atoms with Crippen molar-refractivity contribution in [2.24, 2.45) is 0 Å². The fourth-order valence-electron chi connectivity index (χ4n) is 4.08. The third-order valence-corrected chi connectivity index (χ3v) is 8.00. The van der Waals surface area contributed by atoms with Crippen molar-refractivity contribution in [3.8, 4) is 0 Å². The number of aryl methyl sites for hydroxylation is 2. The molecule has 1 atom stereocenters. The van der Waals surface area contributed by atoms with Crippen LogP contribution in [0.5, 0.6) is 0 Å². The lowest BCUT2D eigenvalue weighted by molar-refractivity contribution is -0.116. The van der Waals surface area contributed by atoms with Gasteiger partial charge in [-0.1, -0.05) is 67.1 Å². The number of anilines is 2. The van der Waals surface area contributed by atoms with Crippen molar-refractivity contribution in [2.75, 3.05) is 10.6 Å². The van der Waals surface area contributed by atoms with E-state index in [0.717, 1.165) is 21.7 Å². The summed E-state index contributed by atoms with van der Waals surface area (Å²) in [5.41, 5.74) is 4.61. The lowest BCUT2D eigenvalue weighted by Crippen LogP contribution is -2.30. The molecule has 0 spiro atoms. The lowest BCUT2D eigenvalue weighted by Gasteiger charge is -2.17. The molecule has 0 aromatic heterocycles. The van der Waals surface area contributed by atoms with Gasteiger partial charge in [-0.05, 0) is 91.6 Å². The second-order valence-electron chi connectivity index (χ2n) is 9.73. The molecular weight excluding hydrogens is 566 g/mol. The molecule has 6 nitrogen and oxygen atoms in total. The van der Waals surface area contributed by atoms with Gasteiger partial charge in [0.05, 0.1) is 5.25 Å². The summed E-state index contributed by atoms with van der Waals surface area (Å²) in [5.74, 6) is -0.977. The van der Waals surface area contributed by atoms with Gasteiger partial charge < -0.3 is 16.0 Å². The first-order valence-corrected chi connectivity index (χ1v) is 14.8. The van der Waals surface area contributed by atoms with Crippen LogP contribution in [-0.2, 0) is 9.59 Å². The average Bonchev–Trinajstić information content (AvgIpc) is 2.99. The molecule has 0 saturated heterocycles. The number of carbonyl (C=O) groups is 3. The maximum atomic E-state index is 13.4. The highest BCUT2D eigenvalue weighted by Crippen LogP contribution is 2.29. The molecule has 4 aromatic carbocycles. The van der Waals surface area contributed by atoms with E-state index >= 15 is 0 Å². The first-order chi connectivity index (χ1) is 20.2. The van der Waals surface area contributed by atoms with Gasteiger partial charge in [0.25, 0.3) is 11.8 Å². The summed E-state index contributed by atoms with van der Waals surface area (Å²) < 4.78 is 0. The zero-order chi connectivity index (χ0) is 30.1. The molecule has 0 heterocycles. The summed E-state index contributed by atoms with van der Waals surface area (Å²) >= 11 is 7.45. The van der Waals surface area contributed by atoms with E-state index in [1.807, 2.05) is 63.2 Å². The van der Waals surface area contributed by atoms with Gasteiger partial charge in [0.1, 0.15) is 5.70 Å². The largest absolute Gasteiger partial charge is 0.325 e. The predicted molar refractivity (Wildman–Crippen MR) is 173 cm³/mol. The zero-order valence-corrected chi connectivity index (χ0v) is 25.2. The van der Waals surface area contributed by atoms with Crippen molar-refractivity contribution in [1.82, 2.24) is 5.32 Å². The fourth-order valence-corrected chi connectivity index (χ4v) is 5.22. The number of hydrogen-bond donors (Lipinski definition) is 3. The van der Waals surface area contributed by atoms with E-state index < -0.39 is 11.8 Å². The molecule has 0 radical (unpaired) electrons. The molecule has 0 bridgehead atoms. The van der Waals surface area contributed by atoms with Gasteiger partial charge in [-0.25, -0.2) is 0 Å².